The quantitative estimate of drug-likeness (QED) is 0.819. The zero-order chi connectivity index (χ0) is 13.6. The maximum absolute atomic E-state index is 5.59. The van der Waals surface area contributed by atoms with Crippen LogP contribution in [0.4, 0.5) is 0 Å². The summed E-state index contributed by atoms with van der Waals surface area (Å²) in [6, 6.07) is 8.45. The van der Waals surface area contributed by atoms with Crippen LogP contribution in [0.2, 0.25) is 0 Å². The fourth-order valence-electron chi connectivity index (χ4n) is 2.37. The monoisotopic (exact) mass is 279 g/mol. The van der Waals surface area contributed by atoms with E-state index in [1.54, 1.807) is 0 Å². The van der Waals surface area contributed by atoms with E-state index in [2.05, 4.69) is 55.2 Å². The van der Waals surface area contributed by atoms with Gasteiger partial charge in [-0.25, -0.2) is 0 Å². The molecule has 1 N–H and O–H groups in total. The zero-order valence-electron chi connectivity index (χ0n) is 12.1. The first-order valence-corrected chi connectivity index (χ1v) is 8.27. The van der Waals surface area contributed by atoms with Crippen LogP contribution in [0.1, 0.15) is 38.7 Å². The first-order valence-electron chi connectivity index (χ1n) is 7.28. The van der Waals surface area contributed by atoms with Crippen molar-refractivity contribution in [2.45, 2.75) is 44.4 Å². The van der Waals surface area contributed by atoms with Crippen molar-refractivity contribution in [3.05, 3.63) is 29.8 Å². The number of ether oxygens (including phenoxy) is 1. The standard InChI is InChI=1S/C16H25NOS/c1-3-10-18-15-7-5-14(6-8-15)12-17-13-16(2)9-4-11-19-16/h5-8,17H,3-4,9-13H2,1-2H3. The van der Waals surface area contributed by atoms with Gasteiger partial charge in [0.25, 0.3) is 0 Å². The van der Waals surface area contributed by atoms with Gasteiger partial charge in [0, 0.05) is 17.8 Å². The second kappa shape index (κ2) is 7.20. The van der Waals surface area contributed by atoms with Crippen LogP contribution >= 0.6 is 11.8 Å². The summed E-state index contributed by atoms with van der Waals surface area (Å²) in [4.78, 5) is 0. The van der Waals surface area contributed by atoms with Crippen LogP contribution in [-0.4, -0.2) is 23.7 Å². The number of hydrogen-bond donors (Lipinski definition) is 1. The van der Waals surface area contributed by atoms with Crippen molar-refractivity contribution < 1.29 is 4.74 Å². The zero-order valence-corrected chi connectivity index (χ0v) is 12.9. The molecule has 106 valence electrons. The Hall–Kier alpha value is -0.670. The van der Waals surface area contributed by atoms with Gasteiger partial charge in [0.1, 0.15) is 5.75 Å². The first-order chi connectivity index (χ1) is 9.22. The molecule has 0 amide bonds. The van der Waals surface area contributed by atoms with Gasteiger partial charge in [-0.3, -0.25) is 0 Å². The summed E-state index contributed by atoms with van der Waals surface area (Å²) in [6.07, 6.45) is 3.76. The Balaban J connectivity index is 1.73. The third-order valence-corrected chi connectivity index (χ3v) is 5.06. The van der Waals surface area contributed by atoms with Gasteiger partial charge in [0.2, 0.25) is 0 Å². The van der Waals surface area contributed by atoms with Gasteiger partial charge in [0.15, 0.2) is 0 Å². The van der Waals surface area contributed by atoms with Crippen LogP contribution in [0, 0.1) is 0 Å². The topological polar surface area (TPSA) is 21.3 Å². The summed E-state index contributed by atoms with van der Waals surface area (Å²) in [5.74, 6) is 2.30. The average Bonchev–Trinajstić information content (AvgIpc) is 2.85. The largest absolute Gasteiger partial charge is 0.494 e. The lowest BCUT2D eigenvalue weighted by molar-refractivity contribution is 0.317. The molecule has 1 aliphatic rings. The van der Waals surface area contributed by atoms with Crippen molar-refractivity contribution in [2.75, 3.05) is 18.9 Å². The highest BCUT2D eigenvalue weighted by Crippen LogP contribution is 2.36. The van der Waals surface area contributed by atoms with Crippen molar-refractivity contribution in [3.8, 4) is 5.75 Å². The Kier molecular flexibility index (Phi) is 5.59. The summed E-state index contributed by atoms with van der Waals surface area (Å²) in [6.45, 7) is 7.35. The fourth-order valence-corrected chi connectivity index (χ4v) is 3.65. The SMILES string of the molecule is CCCOc1ccc(CNCC2(C)CCCS2)cc1. The smallest absolute Gasteiger partial charge is 0.119 e. The Morgan fingerprint density at radius 1 is 1.32 bits per heavy atom. The predicted molar refractivity (Wildman–Crippen MR) is 84.0 cm³/mol. The number of hydrogen-bond acceptors (Lipinski definition) is 3. The molecule has 0 spiro atoms. The Labute approximate surface area is 121 Å². The van der Waals surface area contributed by atoms with E-state index in [1.165, 1.54) is 24.2 Å². The van der Waals surface area contributed by atoms with Crippen molar-refractivity contribution in [1.82, 2.24) is 5.32 Å². The van der Waals surface area contributed by atoms with Gasteiger partial charge >= 0.3 is 0 Å². The second-order valence-corrected chi connectivity index (χ2v) is 7.18. The molecule has 2 nitrogen and oxygen atoms in total. The number of thioether (sulfide) groups is 1. The minimum Gasteiger partial charge on any atom is -0.494 e. The Morgan fingerprint density at radius 3 is 2.74 bits per heavy atom. The number of benzene rings is 1. The van der Waals surface area contributed by atoms with E-state index in [1.807, 2.05) is 0 Å². The maximum Gasteiger partial charge on any atom is 0.119 e. The van der Waals surface area contributed by atoms with Crippen molar-refractivity contribution in [3.63, 3.8) is 0 Å². The van der Waals surface area contributed by atoms with E-state index in [0.717, 1.165) is 31.9 Å². The normalized spacial score (nSPS) is 22.6. The minimum absolute atomic E-state index is 0.449. The highest BCUT2D eigenvalue weighted by molar-refractivity contribution is 8.00. The van der Waals surface area contributed by atoms with Crippen LogP contribution in [0.5, 0.6) is 5.75 Å². The maximum atomic E-state index is 5.59. The van der Waals surface area contributed by atoms with Gasteiger partial charge in [0.05, 0.1) is 6.61 Å². The molecule has 0 saturated carbocycles. The molecule has 0 radical (unpaired) electrons. The van der Waals surface area contributed by atoms with E-state index >= 15 is 0 Å². The highest BCUT2D eigenvalue weighted by atomic mass is 32.2. The lowest BCUT2D eigenvalue weighted by Crippen LogP contribution is -2.32. The molecule has 1 fully saturated rings. The third-order valence-electron chi connectivity index (χ3n) is 3.52. The molecule has 0 bridgehead atoms. The second-order valence-electron chi connectivity index (χ2n) is 5.50. The van der Waals surface area contributed by atoms with E-state index in [-0.39, 0.29) is 0 Å². The molecule has 2 rings (SSSR count). The summed E-state index contributed by atoms with van der Waals surface area (Å²) < 4.78 is 6.04. The van der Waals surface area contributed by atoms with Crippen LogP contribution in [0.25, 0.3) is 0 Å². The van der Waals surface area contributed by atoms with E-state index in [4.69, 9.17) is 4.74 Å². The fraction of sp³-hybridized carbons (Fsp3) is 0.625. The molecule has 1 atom stereocenters. The summed E-state index contributed by atoms with van der Waals surface area (Å²) in [5, 5.41) is 3.59. The van der Waals surface area contributed by atoms with Gasteiger partial charge in [-0.1, -0.05) is 19.1 Å². The van der Waals surface area contributed by atoms with Crippen LogP contribution in [0.15, 0.2) is 24.3 Å². The third kappa shape index (κ3) is 4.73. The van der Waals surface area contributed by atoms with E-state index in [9.17, 15) is 0 Å². The van der Waals surface area contributed by atoms with E-state index < -0.39 is 0 Å². The molecular weight excluding hydrogens is 254 g/mol. The summed E-state index contributed by atoms with van der Waals surface area (Å²) in [5.41, 5.74) is 1.33. The molecule has 0 aliphatic carbocycles. The Bertz CT molecular complexity index is 371. The van der Waals surface area contributed by atoms with E-state index in [0.29, 0.717) is 4.75 Å². The van der Waals surface area contributed by atoms with Gasteiger partial charge in [-0.15, -0.1) is 0 Å². The average molecular weight is 279 g/mol. The lowest BCUT2D eigenvalue weighted by Gasteiger charge is -2.23. The summed E-state index contributed by atoms with van der Waals surface area (Å²) in [7, 11) is 0. The molecule has 1 aliphatic heterocycles. The van der Waals surface area contributed by atoms with Crippen molar-refractivity contribution in [2.24, 2.45) is 0 Å². The van der Waals surface area contributed by atoms with Crippen LogP contribution in [0.3, 0.4) is 0 Å². The molecule has 1 unspecified atom stereocenters. The van der Waals surface area contributed by atoms with Gasteiger partial charge < -0.3 is 10.1 Å². The lowest BCUT2D eigenvalue weighted by atomic mass is 10.1. The molecule has 3 heteroatoms. The molecular formula is C16H25NOS. The number of rotatable bonds is 7. The van der Waals surface area contributed by atoms with Crippen molar-refractivity contribution in [1.29, 1.82) is 0 Å². The highest BCUT2D eigenvalue weighted by Gasteiger charge is 2.28. The molecule has 1 saturated heterocycles. The molecule has 0 aromatic heterocycles. The molecule has 1 aromatic carbocycles. The predicted octanol–water partition coefficient (Wildman–Crippen LogP) is 3.85. The molecule has 1 heterocycles. The molecule has 1 aromatic rings. The minimum atomic E-state index is 0.449. The first kappa shape index (κ1) is 14.7. The number of nitrogens with one attached hydrogen (secondary N) is 1. The summed E-state index contributed by atoms with van der Waals surface area (Å²) >= 11 is 2.11. The van der Waals surface area contributed by atoms with Gasteiger partial charge in [-0.2, -0.15) is 11.8 Å². The Morgan fingerprint density at radius 2 is 2.11 bits per heavy atom. The van der Waals surface area contributed by atoms with Crippen molar-refractivity contribution >= 4 is 11.8 Å². The van der Waals surface area contributed by atoms with Crippen LogP contribution < -0.4 is 10.1 Å². The van der Waals surface area contributed by atoms with Crippen LogP contribution in [-0.2, 0) is 6.54 Å². The van der Waals surface area contributed by atoms with Gasteiger partial charge in [-0.05, 0) is 49.6 Å². The molecule has 19 heavy (non-hydrogen) atoms.